The molecule has 0 atom stereocenters. The number of hydrogen-bond donors (Lipinski definition) is 0. The van der Waals surface area contributed by atoms with Crippen molar-refractivity contribution in [2.24, 2.45) is 0 Å². The van der Waals surface area contributed by atoms with E-state index in [0.29, 0.717) is 29.5 Å². The van der Waals surface area contributed by atoms with E-state index < -0.39 is 27.5 Å². The van der Waals surface area contributed by atoms with Crippen LogP contribution in [0.15, 0.2) is 46.7 Å². The van der Waals surface area contributed by atoms with E-state index in [1.54, 1.807) is 5.38 Å². The highest BCUT2D eigenvalue weighted by Gasteiger charge is 2.30. The molecule has 0 bridgehead atoms. The van der Waals surface area contributed by atoms with Crippen molar-refractivity contribution in [3.05, 3.63) is 64.3 Å². The summed E-state index contributed by atoms with van der Waals surface area (Å²) in [5, 5.41) is 2.16. The third-order valence-corrected chi connectivity index (χ3v) is 7.83. The molecule has 1 aliphatic rings. The first-order chi connectivity index (χ1) is 14.3. The van der Waals surface area contributed by atoms with E-state index >= 15 is 0 Å². The van der Waals surface area contributed by atoms with Crippen molar-refractivity contribution in [2.75, 3.05) is 31.1 Å². The quantitative estimate of drug-likeness (QED) is 0.564. The molecule has 0 radical (unpaired) electrons. The van der Waals surface area contributed by atoms with Crippen LogP contribution in [0, 0.1) is 17.5 Å². The summed E-state index contributed by atoms with van der Waals surface area (Å²) >= 11 is 7.06. The summed E-state index contributed by atoms with van der Waals surface area (Å²) in [4.78, 5) is 6.34. The fourth-order valence-corrected chi connectivity index (χ4v) is 5.69. The smallest absolute Gasteiger partial charge is 0.243 e. The SMILES string of the molecule is O=S(=O)(c1ccc(F)c(Cl)c1)N1CCN(c2nc(-c3ccc(F)c(F)c3)cs2)CC1. The van der Waals surface area contributed by atoms with E-state index in [2.05, 4.69) is 4.98 Å². The average Bonchev–Trinajstić information content (AvgIpc) is 3.22. The van der Waals surface area contributed by atoms with Gasteiger partial charge in [0, 0.05) is 37.1 Å². The maximum absolute atomic E-state index is 13.5. The monoisotopic (exact) mass is 473 g/mol. The molecule has 30 heavy (non-hydrogen) atoms. The number of rotatable bonds is 4. The van der Waals surface area contributed by atoms with E-state index in [-0.39, 0.29) is 23.0 Å². The maximum Gasteiger partial charge on any atom is 0.243 e. The second-order valence-electron chi connectivity index (χ2n) is 6.61. The van der Waals surface area contributed by atoms with Gasteiger partial charge in [0.15, 0.2) is 16.8 Å². The number of nitrogens with zero attached hydrogens (tertiary/aromatic N) is 3. The molecule has 0 saturated carbocycles. The number of halogens is 4. The number of thiazole rings is 1. The number of hydrogen-bond acceptors (Lipinski definition) is 5. The van der Waals surface area contributed by atoms with Crippen LogP contribution in [-0.2, 0) is 10.0 Å². The van der Waals surface area contributed by atoms with Crippen LogP contribution in [0.1, 0.15) is 0 Å². The largest absolute Gasteiger partial charge is 0.345 e. The summed E-state index contributed by atoms with van der Waals surface area (Å²) in [7, 11) is -3.79. The lowest BCUT2D eigenvalue weighted by Crippen LogP contribution is -2.48. The Kier molecular flexibility index (Phi) is 5.75. The van der Waals surface area contributed by atoms with Gasteiger partial charge in [-0.2, -0.15) is 4.31 Å². The molecule has 1 fully saturated rings. The molecule has 1 aromatic heterocycles. The molecule has 1 saturated heterocycles. The molecule has 1 aliphatic heterocycles. The Morgan fingerprint density at radius 2 is 1.63 bits per heavy atom. The summed E-state index contributed by atoms with van der Waals surface area (Å²) in [5.41, 5.74) is 0.982. The van der Waals surface area contributed by atoms with E-state index in [1.165, 1.54) is 27.8 Å². The summed E-state index contributed by atoms with van der Waals surface area (Å²) in [6, 6.07) is 6.92. The fraction of sp³-hybridized carbons (Fsp3) is 0.211. The van der Waals surface area contributed by atoms with Gasteiger partial charge in [0.2, 0.25) is 10.0 Å². The molecule has 11 heteroatoms. The van der Waals surface area contributed by atoms with Crippen molar-refractivity contribution in [2.45, 2.75) is 4.90 Å². The standard InChI is InChI=1S/C19H15ClF3N3O2S2/c20-14-10-13(2-4-15(14)21)30(27,28)26-7-5-25(6-8-26)19-24-18(11-29-19)12-1-3-16(22)17(23)9-12/h1-4,9-11H,5-8H2. The molecule has 0 aliphatic carbocycles. The first kappa shape index (κ1) is 21.1. The number of aromatic nitrogens is 1. The Hall–Kier alpha value is -2.14. The Bertz CT molecular complexity index is 1200. The van der Waals surface area contributed by atoms with Crippen molar-refractivity contribution < 1.29 is 21.6 Å². The van der Waals surface area contributed by atoms with Crippen LogP contribution in [0.5, 0.6) is 0 Å². The van der Waals surface area contributed by atoms with E-state index in [0.717, 1.165) is 24.3 Å². The third-order valence-electron chi connectivity index (χ3n) is 4.75. The predicted octanol–water partition coefficient (Wildman–Crippen LogP) is 4.39. The zero-order valence-corrected chi connectivity index (χ0v) is 17.7. The van der Waals surface area contributed by atoms with Crippen LogP contribution in [0.2, 0.25) is 5.02 Å². The fourth-order valence-electron chi connectivity index (χ4n) is 3.10. The molecule has 5 nitrogen and oxygen atoms in total. The predicted molar refractivity (Wildman–Crippen MR) is 110 cm³/mol. The van der Waals surface area contributed by atoms with E-state index in [4.69, 9.17) is 11.6 Å². The molecule has 2 aromatic carbocycles. The first-order valence-corrected chi connectivity index (χ1v) is 11.6. The minimum absolute atomic E-state index is 0.0581. The minimum Gasteiger partial charge on any atom is -0.345 e. The Balaban J connectivity index is 1.46. The van der Waals surface area contributed by atoms with E-state index in [1.807, 2.05) is 4.90 Å². The molecule has 4 rings (SSSR count). The van der Waals surface area contributed by atoms with Gasteiger partial charge in [-0.1, -0.05) is 11.6 Å². The molecule has 0 N–H and O–H groups in total. The topological polar surface area (TPSA) is 53.5 Å². The molecular formula is C19H15ClF3N3O2S2. The summed E-state index contributed by atoms with van der Waals surface area (Å²) in [6.45, 7) is 1.24. The third kappa shape index (κ3) is 4.04. The normalized spacial score (nSPS) is 15.5. The van der Waals surface area contributed by atoms with Crippen LogP contribution in [0.3, 0.4) is 0 Å². The van der Waals surface area contributed by atoms with Gasteiger partial charge in [0.05, 0.1) is 15.6 Å². The van der Waals surface area contributed by atoms with Crippen molar-refractivity contribution in [1.29, 1.82) is 0 Å². The zero-order valence-electron chi connectivity index (χ0n) is 15.4. The molecule has 0 spiro atoms. The van der Waals surface area contributed by atoms with Gasteiger partial charge in [0.1, 0.15) is 5.82 Å². The number of sulfonamides is 1. The minimum atomic E-state index is -3.79. The number of anilines is 1. The lowest BCUT2D eigenvalue weighted by Gasteiger charge is -2.33. The Morgan fingerprint density at radius 3 is 2.30 bits per heavy atom. The van der Waals surface area contributed by atoms with Gasteiger partial charge in [-0.25, -0.2) is 26.6 Å². The van der Waals surface area contributed by atoms with Gasteiger partial charge < -0.3 is 4.90 Å². The number of benzene rings is 2. The highest BCUT2D eigenvalue weighted by Crippen LogP contribution is 2.30. The second kappa shape index (κ2) is 8.18. The van der Waals surface area contributed by atoms with Crippen LogP contribution < -0.4 is 4.90 Å². The van der Waals surface area contributed by atoms with Gasteiger partial charge in [-0.3, -0.25) is 0 Å². The molecule has 0 unspecified atom stereocenters. The molecule has 3 aromatic rings. The average molecular weight is 474 g/mol. The van der Waals surface area contributed by atoms with Crippen LogP contribution >= 0.6 is 22.9 Å². The van der Waals surface area contributed by atoms with Crippen molar-refractivity contribution in [3.8, 4) is 11.3 Å². The highest BCUT2D eigenvalue weighted by atomic mass is 35.5. The first-order valence-electron chi connectivity index (χ1n) is 8.87. The van der Waals surface area contributed by atoms with Gasteiger partial charge in [-0.15, -0.1) is 11.3 Å². The lowest BCUT2D eigenvalue weighted by atomic mass is 10.2. The summed E-state index contributed by atoms with van der Waals surface area (Å²) in [5.74, 6) is -2.54. The van der Waals surface area contributed by atoms with Crippen LogP contribution in [0.25, 0.3) is 11.3 Å². The van der Waals surface area contributed by atoms with Crippen molar-refractivity contribution in [3.63, 3.8) is 0 Å². The zero-order chi connectivity index (χ0) is 21.5. The van der Waals surface area contributed by atoms with Crippen molar-refractivity contribution >= 4 is 38.1 Å². The highest BCUT2D eigenvalue weighted by molar-refractivity contribution is 7.89. The number of piperazine rings is 1. The summed E-state index contributed by atoms with van der Waals surface area (Å²) < 4.78 is 66.8. The second-order valence-corrected chi connectivity index (χ2v) is 9.79. The molecule has 0 amide bonds. The maximum atomic E-state index is 13.5. The van der Waals surface area contributed by atoms with Gasteiger partial charge in [-0.05, 0) is 36.4 Å². The molecule has 2 heterocycles. The van der Waals surface area contributed by atoms with Gasteiger partial charge >= 0.3 is 0 Å². The summed E-state index contributed by atoms with van der Waals surface area (Å²) in [6.07, 6.45) is 0. The van der Waals surface area contributed by atoms with Crippen LogP contribution in [0.4, 0.5) is 18.3 Å². The lowest BCUT2D eigenvalue weighted by molar-refractivity contribution is 0.384. The molecule has 158 valence electrons. The Morgan fingerprint density at radius 1 is 0.933 bits per heavy atom. The van der Waals surface area contributed by atoms with E-state index in [9.17, 15) is 21.6 Å². The molecular weight excluding hydrogens is 459 g/mol. The van der Waals surface area contributed by atoms with Crippen molar-refractivity contribution in [1.82, 2.24) is 9.29 Å². The van der Waals surface area contributed by atoms with Crippen LogP contribution in [-0.4, -0.2) is 43.9 Å². The van der Waals surface area contributed by atoms with Gasteiger partial charge in [0.25, 0.3) is 0 Å². The Labute approximate surface area is 180 Å².